The van der Waals surface area contributed by atoms with E-state index < -0.39 is 30.3 Å². The topological polar surface area (TPSA) is 70.1 Å². The maximum Gasteiger partial charge on any atom is 0.326 e. The van der Waals surface area contributed by atoms with Crippen molar-refractivity contribution in [1.82, 2.24) is 9.80 Å². The molecule has 8 heteroatoms. The average molecular weight is 493 g/mol. The first-order chi connectivity index (χ1) is 15.7. The van der Waals surface area contributed by atoms with Gasteiger partial charge in [0.1, 0.15) is 18.2 Å². The molecule has 0 bridgehead atoms. The number of benzene rings is 2. The molecule has 0 aliphatic carbocycles. The Morgan fingerprint density at radius 2 is 1.61 bits per heavy atom. The number of amides is 1. The van der Waals surface area contributed by atoms with Gasteiger partial charge < -0.3 is 19.6 Å². The molecular weight excluding hydrogens is 463 g/mol. The molecule has 1 aliphatic rings. The third-order valence-corrected chi connectivity index (χ3v) is 6.36. The van der Waals surface area contributed by atoms with Crippen LogP contribution < -0.4 is 0 Å². The molecule has 178 valence electrons. The summed E-state index contributed by atoms with van der Waals surface area (Å²) in [6, 6.07) is 12.8. The molecule has 1 amide bonds. The summed E-state index contributed by atoms with van der Waals surface area (Å²) in [5.74, 6) is -1.32. The van der Waals surface area contributed by atoms with E-state index in [1.165, 1.54) is 4.90 Å². The molecule has 4 atom stereocenters. The standard InChI is InChI=1S/C25H30Cl2N2O4/c1-4-5-20(25(31)32)29-22(16-6-10-18(26)11-7-16)23(17-8-12-19(27)13-9-17)33-21(24(29)30)14-15-28(2)3/h6-13,20-23H,4-5,14-15H2,1-3H3,(H,31,32)/t20-,21+,22-,23+/m1/s1. The minimum atomic E-state index is -1.02. The number of halogens is 2. The Kier molecular flexibility index (Phi) is 8.76. The molecule has 1 aliphatic heterocycles. The summed E-state index contributed by atoms with van der Waals surface area (Å²) in [4.78, 5) is 29.6. The fraction of sp³-hybridized carbons (Fsp3) is 0.440. The summed E-state index contributed by atoms with van der Waals surface area (Å²) in [5, 5.41) is 11.2. The molecule has 2 aromatic rings. The number of ether oxygens (including phenoxy) is 1. The van der Waals surface area contributed by atoms with Crippen molar-refractivity contribution in [3.8, 4) is 0 Å². The summed E-state index contributed by atoms with van der Waals surface area (Å²) in [7, 11) is 3.85. The molecule has 0 radical (unpaired) electrons. The van der Waals surface area contributed by atoms with Crippen molar-refractivity contribution in [2.24, 2.45) is 0 Å². The molecule has 0 unspecified atom stereocenters. The number of hydrogen-bond donors (Lipinski definition) is 1. The van der Waals surface area contributed by atoms with Crippen LogP contribution >= 0.6 is 23.2 Å². The van der Waals surface area contributed by atoms with Crippen LogP contribution in [0.4, 0.5) is 0 Å². The van der Waals surface area contributed by atoms with Crippen LogP contribution in [0, 0.1) is 0 Å². The van der Waals surface area contributed by atoms with Gasteiger partial charge in [0, 0.05) is 16.6 Å². The fourth-order valence-corrected chi connectivity index (χ4v) is 4.49. The highest BCUT2D eigenvalue weighted by atomic mass is 35.5. The lowest BCUT2D eigenvalue weighted by molar-refractivity contribution is -0.185. The van der Waals surface area contributed by atoms with E-state index in [1.807, 2.05) is 50.2 Å². The number of aliphatic carboxylic acids is 1. The number of carboxylic acids is 1. The van der Waals surface area contributed by atoms with E-state index in [0.29, 0.717) is 35.9 Å². The van der Waals surface area contributed by atoms with Crippen LogP contribution in [0.25, 0.3) is 0 Å². The van der Waals surface area contributed by atoms with Crippen LogP contribution in [0.3, 0.4) is 0 Å². The highest BCUT2D eigenvalue weighted by Gasteiger charge is 2.48. The van der Waals surface area contributed by atoms with Crippen molar-refractivity contribution >= 4 is 35.1 Å². The normalized spacial score (nSPS) is 21.9. The lowest BCUT2D eigenvalue weighted by Gasteiger charge is -2.47. The van der Waals surface area contributed by atoms with Crippen molar-refractivity contribution in [1.29, 1.82) is 0 Å². The molecule has 2 aromatic carbocycles. The molecule has 0 aromatic heterocycles. The maximum atomic E-state index is 13.7. The van der Waals surface area contributed by atoms with Gasteiger partial charge in [-0.15, -0.1) is 0 Å². The monoisotopic (exact) mass is 492 g/mol. The number of carbonyl (C=O) groups excluding carboxylic acids is 1. The van der Waals surface area contributed by atoms with Crippen molar-refractivity contribution in [3.05, 3.63) is 69.7 Å². The van der Waals surface area contributed by atoms with Gasteiger partial charge in [0.05, 0.1) is 6.04 Å². The number of carboxylic acid groups (broad SMARTS) is 1. The molecule has 1 fully saturated rings. The summed E-state index contributed by atoms with van der Waals surface area (Å²) in [6.07, 6.45) is 0.113. The van der Waals surface area contributed by atoms with Gasteiger partial charge >= 0.3 is 5.97 Å². The summed E-state index contributed by atoms with van der Waals surface area (Å²) < 4.78 is 6.42. The molecule has 1 heterocycles. The quantitative estimate of drug-likeness (QED) is 0.520. The molecule has 3 rings (SSSR count). The number of carbonyl (C=O) groups is 2. The Morgan fingerprint density at radius 1 is 1.06 bits per heavy atom. The zero-order chi connectivity index (χ0) is 24.1. The lowest BCUT2D eigenvalue weighted by Crippen LogP contribution is -2.57. The smallest absolute Gasteiger partial charge is 0.326 e. The van der Waals surface area contributed by atoms with E-state index in [-0.39, 0.29) is 5.91 Å². The highest BCUT2D eigenvalue weighted by molar-refractivity contribution is 6.30. The Bertz CT molecular complexity index is 950. The van der Waals surface area contributed by atoms with Crippen LogP contribution in [-0.2, 0) is 14.3 Å². The second kappa shape index (κ2) is 11.3. The largest absolute Gasteiger partial charge is 0.480 e. The molecule has 1 N–H and O–H groups in total. The van der Waals surface area contributed by atoms with E-state index in [2.05, 4.69) is 0 Å². The summed E-state index contributed by atoms with van der Waals surface area (Å²) in [6.45, 7) is 2.55. The van der Waals surface area contributed by atoms with Gasteiger partial charge in [-0.25, -0.2) is 4.79 Å². The van der Waals surface area contributed by atoms with Gasteiger partial charge in [-0.2, -0.15) is 0 Å². The number of nitrogens with zero attached hydrogens (tertiary/aromatic N) is 2. The third kappa shape index (κ3) is 6.07. The first kappa shape index (κ1) is 25.5. The first-order valence-corrected chi connectivity index (χ1v) is 11.8. The fourth-order valence-electron chi connectivity index (χ4n) is 4.24. The van der Waals surface area contributed by atoms with Crippen LogP contribution in [-0.4, -0.2) is 59.6 Å². The number of hydrogen-bond acceptors (Lipinski definition) is 4. The Labute approximate surface area is 205 Å². The van der Waals surface area contributed by atoms with E-state index in [1.54, 1.807) is 24.3 Å². The van der Waals surface area contributed by atoms with Crippen molar-refractivity contribution in [3.63, 3.8) is 0 Å². The predicted octanol–water partition coefficient (Wildman–Crippen LogP) is 5.21. The van der Waals surface area contributed by atoms with E-state index in [0.717, 1.165) is 11.1 Å². The number of morpholine rings is 1. The van der Waals surface area contributed by atoms with Gasteiger partial charge in [-0.1, -0.05) is 60.8 Å². The second-order valence-electron chi connectivity index (χ2n) is 8.57. The average Bonchev–Trinajstić information content (AvgIpc) is 2.77. The van der Waals surface area contributed by atoms with Crippen LogP contribution in [0.15, 0.2) is 48.5 Å². The van der Waals surface area contributed by atoms with Gasteiger partial charge in [0.2, 0.25) is 0 Å². The first-order valence-electron chi connectivity index (χ1n) is 11.1. The third-order valence-electron chi connectivity index (χ3n) is 5.86. The predicted molar refractivity (Wildman–Crippen MR) is 130 cm³/mol. The maximum absolute atomic E-state index is 13.7. The van der Waals surface area contributed by atoms with Gasteiger partial charge in [-0.05, 0) is 62.3 Å². The Balaban J connectivity index is 2.15. The molecule has 0 spiro atoms. The Morgan fingerprint density at radius 3 is 2.09 bits per heavy atom. The molecule has 0 saturated carbocycles. The summed E-state index contributed by atoms with van der Waals surface area (Å²) in [5.41, 5.74) is 1.59. The zero-order valence-electron chi connectivity index (χ0n) is 19.1. The highest BCUT2D eigenvalue weighted by Crippen LogP contribution is 2.44. The van der Waals surface area contributed by atoms with E-state index >= 15 is 0 Å². The van der Waals surface area contributed by atoms with Gasteiger partial charge in [0.25, 0.3) is 5.91 Å². The minimum Gasteiger partial charge on any atom is -0.480 e. The lowest BCUT2D eigenvalue weighted by atomic mass is 9.89. The molecule has 33 heavy (non-hydrogen) atoms. The van der Waals surface area contributed by atoms with E-state index in [4.69, 9.17) is 27.9 Å². The molecular formula is C25H30Cl2N2O4. The SMILES string of the molecule is CCC[C@H](C(=O)O)N1C(=O)[C@H](CCN(C)C)O[C@@H](c2ccc(Cl)cc2)[C@H]1c1ccc(Cl)cc1. The van der Waals surface area contributed by atoms with Gasteiger partial charge in [-0.3, -0.25) is 4.79 Å². The zero-order valence-corrected chi connectivity index (χ0v) is 20.6. The van der Waals surface area contributed by atoms with Crippen molar-refractivity contribution < 1.29 is 19.4 Å². The van der Waals surface area contributed by atoms with Crippen LogP contribution in [0.2, 0.25) is 10.0 Å². The van der Waals surface area contributed by atoms with Crippen molar-refractivity contribution in [2.45, 2.75) is 50.5 Å². The molecule has 6 nitrogen and oxygen atoms in total. The van der Waals surface area contributed by atoms with Crippen LogP contribution in [0.5, 0.6) is 0 Å². The Hall–Kier alpha value is -2.12. The van der Waals surface area contributed by atoms with E-state index in [9.17, 15) is 14.7 Å². The minimum absolute atomic E-state index is 0.303. The summed E-state index contributed by atoms with van der Waals surface area (Å²) >= 11 is 12.2. The van der Waals surface area contributed by atoms with Gasteiger partial charge in [0.15, 0.2) is 0 Å². The molecule has 1 saturated heterocycles. The van der Waals surface area contributed by atoms with Crippen molar-refractivity contribution in [2.75, 3.05) is 20.6 Å². The van der Waals surface area contributed by atoms with Crippen LogP contribution in [0.1, 0.15) is 49.5 Å². The number of rotatable bonds is 9. The second-order valence-corrected chi connectivity index (χ2v) is 9.45.